The number of benzene rings is 1. The van der Waals surface area contributed by atoms with Gasteiger partial charge in [-0.2, -0.15) is 5.26 Å². The fourth-order valence-corrected chi connectivity index (χ4v) is 2.28. The third kappa shape index (κ3) is 2.24. The molecule has 0 spiro atoms. The number of hydrogen-bond donors (Lipinski definition) is 1. The molecule has 0 aromatic heterocycles. The van der Waals surface area contributed by atoms with Gasteiger partial charge in [0, 0.05) is 12.5 Å². The van der Waals surface area contributed by atoms with Crippen molar-refractivity contribution >= 4 is 0 Å². The van der Waals surface area contributed by atoms with Crippen LogP contribution in [0.15, 0.2) is 24.3 Å². The predicted molar refractivity (Wildman–Crippen MR) is 62.0 cm³/mol. The lowest BCUT2D eigenvalue weighted by molar-refractivity contribution is 0.0638. The number of aliphatic hydroxyl groups is 1. The summed E-state index contributed by atoms with van der Waals surface area (Å²) >= 11 is 0. The summed E-state index contributed by atoms with van der Waals surface area (Å²) in [5.74, 6) is 0.212. The van der Waals surface area contributed by atoms with Crippen LogP contribution in [0.4, 0.5) is 0 Å². The predicted octanol–water partition coefficient (Wildman–Crippen LogP) is 1.34. The van der Waals surface area contributed by atoms with Crippen LogP contribution in [0.3, 0.4) is 0 Å². The van der Waals surface area contributed by atoms with Crippen LogP contribution in [0.2, 0.25) is 0 Å². The van der Waals surface area contributed by atoms with Crippen LogP contribution in [0.1, 0.15) is 23.5 Å². The van der Waals surface area contributed by atoms with Gasteiger partial charge in [-0.25, -0.2) is 0 Å². The van der Waals surface area contributed by atoms with Gasteiger partial charge in [0.25, 0.3) is 0 Å². The molecule has 1 heterocycles. The Labute approximate surface area is 95.9 Å². The summed E-state index contributed by atoms with van der Waals surface area (Å²) in [7, 11) is 2.03. The van der Waals surface area contributed by atoms with Gasteiger partial charge in [-0.05, 0) is 37.7 Å². The van der Waals surface area contributed by atoms with Crippen molar-refractivity contribution in [3.8, 4) is 6.07 Å². The van der Waals surface area contributed by atoms with Crippen molar-refractivity contribution in [3.63, 3.8) is 0 Å². The van der Waals surface area contributed by atoms with E-state index in [4.69, 9.17) is 5.26 Å². The minimum Gasteiger partial charge on any atom is -0.391 e. The number of hydrogen-bond acceptors (Lipinski definition) is 3. The number of nitriles is 1. The number of aliphatic hydroxyl groups excluding tert-OH is 1. The quantitative estimate of drug-likeness (QED) is 0.770. The smallest absolute Gasteiger partial charge is 0.0991 e. The molecule has 1 aromatic carbocycles. The van der Waals surface area contributed by atoms with Gasteiger partial charge in [0.15, 0.2) is 0 Å². The molecule has 3 nitrogen and oxygen atoms in total. The first-order valence-corrected chi connectivity index (χ1v) is 5.57. The van der Waals surface area contributed by atoms with Crippen LogP contribution in [-0.4, -0.2) is 36.2 Å². The molecule has 1 saturated heterocycles. The first kappa shape index (κ1) is 11.1. The Morgan fingerprint density at radius 1 is 1.38 bits per heavy atom. The van der Waals surface area contributed by atoms with Crippen molar-refractivity contribution in [1.82, 2.24) is 4.90 Å². The lowest BCUT2D eigenvalue weighted by atomic mass is 9.87. The molecule has 3 heteroatoms. The van der Waals surface area contributed by atoms with E-state index in [0.29, 0.717) is 5.56 Å². The van der Waals surface area contributed by atoms with Crippen LogP contribution in [0.5, 0.6) is 0 Å². The summed E-state index contributed by atoms with van der Waals surface area (Å²) in [4.78, 5) is 2.14. The maximum Gasteiger partial charge on any atom is 0.0991 e. The Hall–Kier alpha value is -1.37. The largest absolute Gasteiger partial charge is 0.391 e. The highest BCUT2D eigenvalue weighted by Crippen LogP contribution is 2.27. The zero-order chi connectivity index (χ0) is 11.5. The fourth-order valence-electron chi connectivity index (χ4n) is 2.28. The summed E-state index contributed by atoms with van der Waals surface area (Å²) in [5.41, 5.74) is 1.81. The zero-order valence-corrected chi connectivity index (χ0v) is 9.43. The molecule has 2 atom stereocenters. The van der Waals surface area contributed by atoms with Crippen LogP contribution in [-0.2, 0) is 0 Å². The second-order valence-corrected chi connectivity index (χ2v) is 4.46. The van der Waals surface area contributed by atoms with Gasteiger partial charge in [-0.15, -0.1) is 0 Å². The van der Waals surface area contributed by atoms with Crippen molar-refractivity contribution in [1.29, 1.82) is 5.26 Å². The second-order valence-electron chi connectivity index (χ2n) is 4.46. The molecule has 1 aliphatic rings. The van der Waals surface area contributed by atoms with Crippen molar-refractivity contribution in [2.75, 3.05) is 20.1 Å². The number of likely N-dealkylation sites (N-methyl/N-ethyl adjacent to an activating group) is 1. The third-order valence-electron chi connectivity index (χ3n) is 3.25. The van der Waals surface area contributed by atoms with E-state index in [2.05, 4.69) is 11.0 Å². The third-order valence-corrected chi connectivity index (χ3v) is 3.25. The van der Waals surface area contributed by atoms with Gasteiger partial charge in [-0.1, -0.05) is 12.1 Å². The van der Waals surface area contributed by atoms with Gasteiger partial charge < -0.3 is 10.0 Å². The number of piperidine rings is 1. The van der Waals surface area contributed by atoms with Crippen LogP contribution in [0.25, 0.3) is 0 Å². The molecule has 1 aromatic rings. The van der Waals surface area contributed by atoms with Gasteiger partial charge in [-0.3, -0.25) is 0 Å². The zero-order valence-electron chi connectivity index (χ0n) is 9.43. The molecule has 0 saturated carbocycles. The van der Waals surface area contributed by atoms with Crippen molar-refractivity contribution < 1.29 is 5.11 Å². The minimum absolute atomic E-state index is 0.212. The number of nitrogens with zero attached hydrogens (tertiary/aromatic N) is 2. The maximum absolute atomic E-state index is 10.0. The summed E-state index contributed by atoms with van der Waals surface area (Å²) in [6, 6.07) is 9.66. The molecule has 2 unspecified atom stereocenters. The average Bonchev–Trinajstić information content (AvgIpc) is 2.29. The van der Waals surface area contributed by atoms with E-state index in [1.165, 1.54) is 0 Å². The lowest BCUT2D eigenvalue weighted by Gasteiger charge is -2.33. The Morgan fingerprint density at radius 3 is 2.62 bits per heavy atom. The van der Waals surface area contributed by atoms with E-state index >= 15 is 0 Å². The molecule has 84 valence electrons. The van der Waals surface area contributed by atoms with E-state index in [-0.39, 0.29) is 12.0 Å². The molecule has 0 aliphatic carbocycles. The van der Waals surface area contributed by atoms with Crippen LogP contribution >= 0.6 is 0 Å². The number of likely N-dealkylation sites (tertiary alicyclic amines) is 1. The highest BCUT2D eigenvalue weighted by atomic mass is 16.3. The van der Waals surface area contributed by atoms with Crippen molar-refractivity contribution in [2.45, 2.75) is 18.4 Å². The van der Waals surface area contributed by atoms with Gasteiger partial charge in [0.1, 0.15) is 0 Å². The van der Waals surface area contributed by atoms with Gasteiger partial charge in [0.2, 0.25) is 0 Å². The van der Waals surface area contributed by atoms with E-state index in [9.17, 15) is 5.11 Å². The topological polar surface area (TPSA) is 47.3 Å². The Kier molecular flexibility index (Phi) is 3.23. The molecular weight excluding hydrogens is 200 g/mol. The Bertz CT molecular complexity index is 393. The van der Waals surface area contributed by atoms with Gasteiger partial charge >= 0.3 is 0 Å². The molecular formula is C13H16N2O. The lowest BCUT2D eigenvalue weighted by Crippen LogP contribution is -2.40. The van der Waals surface area contributed by atoms with E-state index < -0.39 is 0 Å². The summed E-state index contributed by atoms with van der Waals surface area (Å²) in [6.07, 6.45) is 0.676. The molecule has 0 bridgehead atoms. The summed E-state index contributed by atoms with van der Waals surface area (Å²) in [5, 5.41) is 18.7. The molecule has 1 fully saturated rings. The summed E-state index contributed by atoms with van der Waals surface area (Å²) in [6.45, 7) is 1.74. The highest BCUT2D eigenvalue weighted by molar-refractivity contribution is 5.33. The van der Waals surface area contributed by atoms with Crippen LogP contribution < -0.4 is 0 Å². The highest BCUT2D eigenvalue weighted by Gasteiger charge is 2.26. The first-order valence-electron chi connectivity index (χ1n) is 5.57. The maximum atomic E-state index is 10.0. The second kappa shape index (κ2) is 4.65. The minimum atomic E-state index is -0.299. The first-order chi connectivity index (χ1) is 7.70. The average molecular weight is 216 g/mol. The molecule has 1 aliphatic heterocycles. The molecule has 0 radical (unpaired) electrons. The SMILES string of the molecule is CN1CCC(c2ccc(C#N)cc2)C(O)C1. The number of rotatable bonds is 1. The Morgan fingerprint density at radius 2 is 2.06 bits per heavy atom. The number of β-amino-alcohol motifs (C(OH)–C–C–N with tert-alkyl or cyclic N) is 1. The molecule has 1 N–H and O–H groups in total. The van der Waals surface area contributed by atoms with E-state index in [1.807, 2.05) is 31.3 Å². The van der Waals surface area contributed by atoms with Gasteiger partial charge in [0.05, 0.1) is 17.7 Å². The monoisotopic (exact) mass is 216 g/mol. The van der Waals surface area contributed by atoms with Crippen molar-refractivity contribution in [2.24, 2.45) is 0 Å². The van der Waals surface area contributed by atoms with E-state index in [1.54, 1.807) is 0 Å². The fraction of sp³-hybridized carbons (Fsp3) is 0.462. The van der Waals surface area contributed by atoms with Crippen LogP contribution in [0, 0.1) is 11.3 Å². The summed E-state index contributed by atoms with van der Waals surface area (Å²) < 4.78 is 0. The Balaban J connectivity index is 2.14. The van der Waals surface area contributed by atoms with Crippen molar-refractivity contribution in [3.05, 3.63) is 35.4 Å². The molecule has 2 rings (SSSR count). The normalized spacial score (nSPS) is 26.3. The molecule has 0 amide bonds. The molecule has 16 heavy (non-hydrogen) atoms. The van der Waals surface area contributed by atoms with E-state index in [0.717, 1.165) is 25.1 Å². The standard InChI is InChI=1S/C13H16N2O/c1-15-7-6-12(13(16)9-15)11-4-2-10(8-14)3-5-11/h2-5,12-13,16H,6-7,9H2,1H3.